The molecular weight excluding hydrogens is 1320 g/mol. The average Bonchev–Trinajstić information content (AvgIpc) is 1.13. The Kier molecular flexibility index (Phi) is 33.4. The van der Waals surface area contributed by atoms with Crippen LogP contribution >= 0.6 is 0 Å². The van der Waals surface area contributed by atoms with Gasteiger partial charge >= 0.3 is 17.9 Å². The van der Waals surface area contributed by atoms with E-state index in [-0.39, 0.29) is 147 Å². The first-order valence-corrected chi connectivity index (χ1v) is 33.8. The largest absolute Gasteiger partial charge is 0.481 e. The van der Waals surface area contributed by atoms with Gasteiger partial charge in [0.2, 0.25) is 45.0 Å². The number of nitrogens with one attached hydrogen (secondary N) is 9. The summed E-state index contributed by atoms with van der Waals surface area (Å²) in [6.07, 6.45) is 1.73. The van der Waals surface area contributed by atoms with Crippen molar-refractivity contribution in [2.75, 3.05) is 123 Å². The highest BCUT2D eigenvalue weighted by Gasteiger charge is 2.32. The lowest BCUT2D eigenvalue weighted by Crippen LogP contribution is -2.56. The van der Waals surface area contributed by atoms with E-state index >= 15 is 0 Å². The summed E-state index contributed by atoms with van der Waals surface area (Å²) < 4.78 is 36.8. The summed E-state index contributed by atoms with van der Waals surface area (Å²) in [6.45, 7) is 7.25. The molecule has 546 valence electrons. The Labute approximate surface area is 571 Å². The fraction of sp³-hybridized carbons (Fsp3) is 0.556. The molecule has 5 rings (SSSR count). The molecule has 99 heavy (non-hydrogen) atoms. The van der Waals surface area contributed by atoms with Gasteiger partial charge in [-0.1, -0.05) is 23.8 Å². The minimum atomic E-state index is -4.23. The first-order chi connectivity index (χ1) is 47.0. The van der Waals surface area contributed by atoms with E-state index in [4.69, 9.17) is 4.74 Å². The van der Waals surface area contributed by atoms with Crippen molar-refractivity contribution in [1.29, 1.82) is 0 Å². The number of pyridine rings is 1. The Balaban J connectivity index is 1.04. The normalized spacial score (nSPS) is 14.8. The van der Waals surface area contributed by atoms with E-state index in [9.17, 15) is 91.8 Å². The van der Waals surface area contributed by atoms with Crippen molar-refractivity contribution < 1.29 is 91.7 Å². The van der Waals surface area contributed by atoms with E-state index in [0.29, 0.717) is 42.0 Å². The maximum absolute atomic E-state index is 13.9. The van der Waals surface area contributed by atoms with Crippen molar-refractivity contribution in [3.63, 3.8) is 0 Å². The SMILES string of the molecule is CC(=O)C(CNC(=O)c1cn(CCCNC(=O)CCC(=O)NCCCOCCCNC(=O)[C@@H](CC(=O)O)NC(=O)[C@@H](CC(=O)O)NC(=O)CN2CCN(CO)CCN(CC(O)O)CCN(CC(=O)O)CC2)c2cc(CNc3ncc[nH]3)ccc2c1=O)NS(=O)(=O)c1c(C)cc(C)cc1C. The molecule has 0 saturated carbocycles. The highest BCUT2D eigenvalue weighted by Crippen LogP contribution is 2.23. The van der Waals surface area contributed by atoms with Crippen LogP contribution < -0.4 is 47.4 Å². The molecule has 1 aliphatic heterocycles. The number of hydrogen-bond acceptors (Lipinski definition) is 23. The van der Waals surface area contributed by atoms with E-state index in [0.717, 1.165) is 11.1 Å². The number of carbonyl (C=O) groups is 10. The van der Waals surface area contributed by atoms with Crippen LogP contribution in [-0.4, -0.2) is 275 Å². The zero-order chi connectivity index (χ0) is 72.8. The lowest BCUT2D eigenvalue weighted by Gasteiger charge is -2.33. The third-order valence-corrected chi connectivity index (χ3v) is 17.6. The summed E-state index contributed by atoms with van der Waals surface area (Å²) in [5, 5.41) is 76.4. The van der Waals surface area contributed by atoms with Crippen LogP contribution in [0.25, 0.3) is 10.9 Å². The minimum Gasteiger partial charge on any atom is -0.481 e. The topological polar surface area (TPSA) is 495 Å². The molecule has 6 amide bonds. The third-order valence-electron chi connectivity index (χ3n) is 15.8. The number of fused-ring (bicyclic) bond motifs is 1. The number of rotatable bonds is 40. The van der Waals surface area contributed by atoms with Gasteiger partial charge < -0.3 is 82.1 Å². The molecule has 1 aliphatic rings. The van der Waals surface area contributed by atoms with Crippen LogP contribution in [0.3, 0.4) is 0 Å². The number of carboxylic acid groups (broad SMARTS) is 3. The van der Waals surface area contributed by atoms with Gasteiger partial charge in [-0.2, -0.15) is 4.72 Å². The summed E-state index contributed by atoms with van der Waals surface area (Å²) >= 11 is 0. The van der Waals surface area contributed by atoms with Crippen molar-refractivity contribution >= 4 is 86.0 Å². The maximum Gasteiger partial charge on any atom is 0.317 e. The number of carbonyl (C=O) groups excluding carboxylic acids is 7. The molecular formula is C63H93N15O20S. The van der Waals surface area contributed by atoms with Crippen molar-refractivity contribution in [3.8, 4) is 0 Å². The summed E-state index contributed by atoms with van der Waals surface area (Å²) in [4.78, 5) is 155. The average molecular weight is 1410 g/mol. The molecule has 1 unspecified atom stereocenters. The molecule has 2 aromatic carbocycles. The number of ether oxygens (including phenoxy) is 1. The highest BCUT2D eigenvalue weighted by molar-refractivity contribution is 7.89. The molecule has 0 radical (unpaired) electrons. The van der Waals surface area contributed by atoms with Crippen LogP contribution in [0.1, 0.15) is 84.5 Å². The number of anilines is 1. The fourth-order valence-electron chi connectivity index (χ4n) is 10.9. The fourth-order valence-corrected chi connectivity index (χ4v) is 12.6. The second kappa shape index (κ2) is 40.9. The number of imidazole rings is 1. The second-order valence-electron chi connectivity index (χ2n) is 24.0. The zero-order valence-corrected chi connectivity index (χ0v) is 56.8. The number of aliphatic hydroxyl groups is 3. The second-order valence-corrected chi connectivity index (χ2v) is 25.6. The van der Waals surface area contributed by atoms with E-state index < -0.39 is 125 Å². The van der Waals surface area contributed by atoms with Gasteiger partial charge in [0, 0.05) is 148 Å². The lowest BCUT2D eigenvalue weighted by molar-refractivity contribution is -0.143. The van der Waals surface area contributed by atoms with Crippen molar-refractivity contribution in [3.05, 3.63) is 87.0 Å². The van der Waals surface area contributed by atoms with Gasteiger partial charge in [-0.05, 0) is 75.8 Å². The number of carboxylic acids is 3. The summed E-state index contributed by atoms with van der Waals surface area (Å²) in [5.41, 5.74) is 2.15. The van der Waals surface area contributed by atoms with E-state index in [1.165, 1.54) is 13.1 Å². The number of nitrogens with zero attached hydrogens (tertiary/aromatic N) is 6. The number of aromatic nitrogens is 3. The first-order valence-electron chi connectivity index (χ1n) is 32.3. The van der Waals surface area contributed by atoms with Gasteiger partial charge in [0.25, 0.3) is 5.91 Å². The van der Waals surface area contributed by atoms with Crippen LogP contribution in [-0.2, 0) is 71.0 Å². The standard InChI is InChI=1S/C63H93N15O20S/c1-40-28-41(2)59(42(3)29-40)99(96,97)73-49(43(4)80)34-69-60(93)46-35-78(50-30-44(8-9-45(50)58(46)92)33-70-63-67-15-16-68-63)17-5-12-64-51(81)10-11-52(82)65-13-6-26-98-27-7-14-66-61(94)47(31-54(84)85)72-62(95)48(32-55(86)87)71-53(83)36-74-18-19-75(37-56(88)89)20-21-76(38-57(90)91)23-25-77(39-79)24-22-74/h8-9,15-16,28-30,35,47-49,57,73,79,90-91H,5-7,10-14,17-27,31-34,36-39H2,1-4H3,(H,64,81)(H,65,82)(H,66,94)(H,69,93)(H,71,83)(H,72,95)(H,84,85)(H,86,87)(H,88,89)(H2,67,68,70)/t47-,48-,49?/m1/s1. The number of amides is 6. The van der Waals surface area contributed by atoms with Crippen LogP contribution in [0.5, 0.6) is 0 Å². The number of aromatic amines is 1. The molecule has 35 nitrogen and oxygen atoms in total. The summed E-state index contributed by atoms with van der Waals surface area (Å²) in [7, 11) is -4.23. The van der Waals surface area contributed by atoms with Gasteiger partial charge in [0.05, 0.1) is 49.1 Å². The molecule has 1 saturated heterocycles. The Morgan fingerprint density at radius 3 is 1.79 bits per heavy atom. The molecule has 1 fully saturated rings. The van der Waals surface area contributed by atoms with Gasteiger partial charge in [-0.3, -0.25) is 72.3 Å². The van der Waals surface area contributed by atoms with Crippen LogP contribution in [0, 0.1) is 20.8 Å². The number of aliphatic carboxylic acids is 3. The number of hydrogen-bond donors (Lipinski definition) is 15. The summed E-state index contributed by atoms with van der Waals surface area (Å²) in [6, 6.07) is 3.66. The highest BCUT2D eigenvalue weighted by atomic mass is 32.2. The van der Waals surface area contributed by atoms with Gasteiger partial charge in [0.15, 0.2) is 12.2 Å². The number of aliphatic hydroxyl groups excluding tert-OH is 2. The molecule has 4 aromatic rings. The van der Waals surface area contributed by atoms with Crippen molar-refractivity contribution in [2.45, 2.75) is 115 Å². The van der Waals surface area contributed by atoms with E-state index in [1.54, 1.807) is 80.7 Å². The monoisotopic (exact) mass is 1410 g/mol. The number of β-amino-alcohol motifs (C(OH)–C–C–N with tert-alkyl or cyclic N) is 2. The first kappa shape index (κ1) is 80.8. The Morgan fingerprint density at radius 1 is 0.667 bits per heavy atom. The van der Waals surface area contributed by atoms with Gasteiger partial charge in [-0.15, -0.1) is 0 Å². The number of aryl methyl sites for hydroxylation is 4. The predicted octanol–water partition coefficient (Wildman–Crippen LogP) is -3.27. The quantitative estimate of drug-likeness (QED) is 0.0153. The number of benzene rings is 2. The van der Waals surface area contributed by atoms with Crippen molar-refractivity contribution in [2.24, 2.45) is 0 Å². The molecule has 15 N–H and O–H groups in total. The zero-order valence-electron chi connectivity index (χ0n) is 56.0. The molecule has 2 aromatic heterocycles. The predicted molar refractivity (Wildman–Crippen MR) is 357 cm³/mol. The Morgan fingerprint density at radius 2 is 1.23 bits per heavy atom. The van der Waals surface area contributed by atoms with E-state index in [2.05, 4.69) is 51.9 Å². The maximum atomic E-state index is 13.9. The summed E-state index contributed by atoms with van der Waals surface area (Å²) in [5.74, 6) is -8.75. The molecule has 36 heteroatoms. The number of H-pyrrole nitrogens is 1. The van der Waals surface area contributed by atoms with Crippen LogP contribution in [0.2, 0.25) is 0 Å². The third kappa shape index (κ3) is 28.5. The molecule has 0 bridgehead atoms. The van der Waals surface area contributed by atoms with Gasteiger partial charge in [-0.25, -0.2) is 13.4 Å². The molecule has 0 aliphatic carbocycles. The molecule has 3 atom stereocenters. The number of ketones is 1. The van der Waals surface area contributed by atoms with E-state index in [1.807, 2.05) is 6.92 Å². The molecule has 0 spiro atoms. The lowest BCUT2D eigenvalue weighted by atomic mass is 10.1. The number of Topliss-reactive ketones (excluding diaryl/α,β-unsaturated/α-hetero) is 1. The Hall–Kier alpha value is -8.85. The van der Waals surface area contributed by atoms with Crippen molar-refractivity contribution in [1.82, 2.24) is 70.8 Å². The number of sulfonamides is 1. The van der Waals surface area contributed by atoms with Gasteiger partial charge in [0.1, 0.15) is 23.4 Å². The smallest absolute Gasteiger partial charge is 0.317 e. The van der Waals surface area contributed by atoms with Crippen LogP contribution in [0.4, 0.5) is 5.95 Å². The van der Waals surface area contributed by atoms with Crippen LogP contribution in [0.15, 0.2) is 58.6 Å². The Bertz CT molecular complexity index is 3570. The molecule has 3 heterocycles. The minimum absolute atomic E-state index is 0.0123.